The third-order valence-electron chi connectivity index (χ3n) is 3.70. The van der Waals surface area contributed by atoms with Gasteiger partial charge in [-0.05, 0) is 29.7 Å². The van der Waals surface area contributed by atoms with E-state index < -0.39 is 4.92 Å². The van der Waals surface area contributed by atoms with Crippen molar-refractivity contribution in [2.24, 2.45) is 0 Å². The second kappa shape index (κ2) is 9.36. The lowest BCUT2D eigenvalue weighted by Crippen LogP contribution is -2.24. The number of nitro benzene ring substituents is 1. The molecule has 0 aliphatic heterocycles. The lowest BCUT2D eigenvalue weighted by molar-refractivity contribution is -0.385. The second-order valence-electron chi connectivity index (χ2n) is 5.85. The molecule has 2 aromatic carbocycles. The monoisotopic (exact) mass is 354 g/mol. The van der Waals surface area contributed by atoms with Gasteiger partial charge in [-0.15, -0.1) is 0 Å². The van der Waals surface area contributed by atoms with Crippen LogP contribution in [0.2, 0.25) is 0 Å². The Hall–Kier alpha value is -3.15. The van der Waals surface area contributed by atoms with Crippen LogP contribution in [0.1, 0.15) is 24.5 Å². The van der Waals surface area contributed by atoms with Gasteiger partial charge >= 0.3 is 5.69 Å². The lowest BCUT2D eigenvalue weighted by Gasteiger charge is -2.15. The first-order chi connectivity index (χ1) is 12.5. The molecule has 1 amide bonds. The molecule has 0 aliphatic rings. The Bertz CT molecular complexity index is 788. The number of hydrogen-bond donors (Lipinski definition) is 0. The molecule has 2 rings (SSSR count). The molecule has 0 N–H and O–H groups in total. The number of likely N-dealkylation sites (N-methyl/N-ethyl adjacent to an activating group) is 1. The van der Waals surface area contributed by atoms with Crippen LogP contribution in [-0.4, -0.2) is 29.4 Å². The van der Waals surface area contributed by atoms with Gasteiger partial charge in [0.25, 0.3) is 0 Å². The number of benzene rings is 2. The van der Waals surface area contributed by atoms with E-state index in [1.165, 1.54) is 12.1 Å². The smallest absolute Gasteiger partial charge is 0.311 e. The van der Waals surface area contributed by atoms with Crippen molar-refractivity contribution in [3.63, 3.8) is 0 Å². The maximum atomic E-state index is 12.2. The van der Waals surface area contributed by atoms with Crippen LogP contribution >= 0.6 is 0 Å². The summed E-state index contributed by atoms with van der Waals surface area (Å²) in [6, 6.07) is 14.3. The average molecular weight is 354 g/mol. The summed E-state index contributed by atoms with van der Waals surface area (Å²) >= 11 is 0. The fraction of sp³-hybridized carbons (Fsp3) is 0.250. The zero-order valence-electron chi connectivity index (χ0n) is 14.9. The summed E-state index contributed by atoms with van der Waals surface area (Å²) in [4.78, 5) is 24.5. The predicted octanol–water partition coefficient (Wildman–Crippen LogP) is 4.06. The molecule has 0 aliphatic carbocycles. The number of nitro groups is 1. The third kappa shape index (κ3) is 5.44. The third-order valence-corrected chi connectivity index (χ3v) is 3.70. The summed E-state index contributed by atoms with van der Waals surface area (Å²) in [6.45, 7) is 2.84. The highest BCUT2D eigenvalue weighted by molar-refractivity contribution is 5.91. The van der Waals surface area contributed by atoms with Gasteiger partial charge in [-0.1, -0.05) is 43.3 Å². The molecule has 0 aromatic heterocycles. The lowest BCUT2D eigenvalue weighted by atomic mass is 10.1. The van der Waals surface area contributed by atoms with Crippen LogP contribution in [-0.2, 0) is 11.3 Å². The van der Waals surface area contributed by atoms with Crippen LogP contribution in [0.5, 0.6) is 5.75 Å². The van der Waals surface area contributed by atoms with E-state index in [4.69, 9.17) is 4.74 Å². The van der Waals surface area contributed by atoms with Crippen molar-refractivity contribution < 1.29 is 14.5 Å². The Morgan fingerprint density at radius 1 is 1.23 bits per heavy atom. The maximum Gasteiger partial charge on any atom is 0.311 e. The van der Waals surface area contributed by atoms with Gasteiger partial charge in [0.1, 0.15) is 0 Å². The first-order valence-corrected chi connectivity index (χ1v) is 8.39. The topological polar surface area (TPSA) is 72.7 Å². The van der Waals surface area contributed by atoms with E-state index in [2.05, 4.69) is 0 Å². The van der Waals surface area contributed by atoms with E-state index in [1.54, 1.807) is 30.2 Å². The highest BCUT2D eigenvalue weighted by Gasteiger charge is 2.15. The maximum absolute atomic E-state index is 12.2. The fourth-order valence-corrected chi connectivity index (χ4v) is 2.34. The molecule has 0 saturated carbocycles. The van der Waals surface area contributed by atoms with Crippen molar-refractivity contribution in [2.75, 3.05) is 13.7 Å². The first kappa shape index (κ1) is 19.2. The summed E-state index contributed by atoms with van der Waals surface area (Å²) in [6.07, 6.45) is 3.75. The number of carbonyl (C=O) groups excluding carboxylic acids is 1. The van der Waals surface area contributed by atoms with Gasteiger partial charge in [0, 0.05) is 25.7 Å². The van der Waals surface area contributed by atoms with Gasteiger partial charge in [-0.2, -0.15) is 0 Å². The SMILES string of the molecule is CCCOc1ccc(/C=C/C(=O)N(C)Cc2ccccc2)cc1[N+](=O)[O-]. The van der Waals surface area contributed by atoms with Crippen molar-refractivity contribution >= 4 is 17.7 Å². The minimum Gasteiger partial charge on any atom is -0.487 e. The Morgan fingerprint density at radius 3 is 2.62 bits per heavy atom. The van der Waals surface area contributed by atoms with Crippen LogP contribution in [0.3, 0.4) is 0 Å². The summed E-state index contributed by atoms with van der Waals surface area (Å²) in [5, 5.41) is 11.2. The summed E-state index contributed by atoms with van der Waals surface area (Å²) in [5.41, 5.74) is 1.50. The van der Waals surface area contributed by atoms with Gasteiger partial charge in [-0.3, -0.25) is 14.9 Å². The van der Waals surface area contributed by atoms with Crippen molar-refractivity contribution in [3.8, 4) is 5.75 Å². The van der Waals surface area contributed by atoms with Crippen molar-refractivity contribution in [1.82, 2.24) is 4.90 Å². The molecule has 2 aromatic rings. The predicted molar refractivity (Wildman–Crippen MR) is 101 cm³/mol. The molecule has 0 saturated heterocycles. The molecule has 6 nitrogen and oxygen atoms in total. The molecule has 0 radical (unpaired) electrons. The van der Waals surface area contributed by atoms with Crippen molar-refractivity contribution in [2.45, 2.75) is 19.9 Å². The number of hydrogen-bond acceptors (Lipinski definition) is 4. The summed E-state index contributed by atoms with van der Waals surface area (Å²) in [7, 11) is 1.71. The van der Waals surface area contributed by atoms with Crippen LogP contribution in [0.25, 0.3) is 6.08 Å². The standard InChI is InChI=1S/C20H22N2O4/c1-3-13-26-19-11-9-16(14-18(19)22(24)25)10-12-20(23)21(2)15-17-7-5-4-6-8-17/h4-12,14H,3,13,15H2,1-2H3/b12-10+. The van der Waals surface area contributed by atoms with Gasteiger partial charge in [-0.25, -0.2) is 0 Å². The molecule has 0 spiro atoms. The van der Waals surface area contributed by atoms with E-state index >= 15 is 0 Å². The summed E-state index contributed by atoms with van der Waals surface area (Å²) < 4.78 is 5.39. The molecule has 136 valence electrons. The van der Waals surface area contributed by atoms with Gasteiger partial charge in [0.2, 0.25) is 5.91 Å². The Balaban J connectivity index is 2.07. The minimum atomic E-state index is -0.480. The Kier molecular flexibility index (Phi) is 6.91. The van der Waals surface area contributed by atoms with E-state index in [0.717, 1.165) is 12.0 Å². The van der Waals surface area contributed by atoms with E-state index in [9.17, 15) is 14.9 Å². The number of rotatable bonds is 8. The van der Waals surface area contributed by atoms with Gasteiger partial charge < -0.3 is 9.64 Å². The number of carbonyl (C=O) groups is 1. The molecule has 26 heavy (non-hydrogen) atoms. The first-order valence-electron chi connectivity index (χ1n) is 8.39. The summed E-state index contributed by atoms with van der Waals surface area (Å²) in [5.74, 6) is 0.0596. The molecule has 6 heteroatoms. The highest BCUT2D eigenvalue weighted by Crippen LogP contribution is 2.28. The highest BCUT2D eigenvalue weighted by atomic mass is 16.6. The molecule has 0 heterocycles. The second-order valence-corrected chi connectivity index (χ2v) is 5.85. The van der Waals surface area contributed by atoms with Crippen LogP contribution in [0.4, 0.5) is 5.69 Å². The molecule has 0 atom stereocenters. The normalized spacial score (nSPS) is 10.7. The van der Waals surface area contributed by atoms with Crippen LogP contribution < -0.4 is 4.74 Å². The number of amides is 1. The van der Waals surface area contributed by atoms with E-state index in [0.29, 0.717) is 18.7 Å². The number of ether oxygens (including phenoxy) is 1. The molecular formula is C20H22N2O4. The molecule has 0 fully saturated rings. The molecule has 0 bridgehead atoms. The van der Waals surface area contributed by atoms with Crippen molar-refractivity contribution in [1.29, 1.82) is 0 Å². The molecular weight excluding hydrogens is 332 g/mol. The number of nitrogens with zero attached hydrogens (tertiary/aromatic N) is 2. The largest absolute Gasteiger partial charge is 0.487 e. The van der Waals surface area contributed by atoms with Gasteiger partial charge in [0.05, 0.1) is 11.5 Å². The van der Waals surface area contributed by atoms with E-state index in [1.807, 2.05) is 37.3 Å². The molecule has 0 unspecified atom stereocenters. The quantitative estimate of drug-likeness (QED) is 0.407. The Labute approximate surface area is 152 Å². The van der Waals surface area contributed by atoms with Gasteiger partial charge in [0.15, 0.2) is 5.75 Å². The Morgan fingerprint density at radius 2 is 1.96 bits per heavy atom. The van der Waals surface area contributed by atoms with Crippen molar-refractivity contribution in [3.05, 3.63) is 75.8 Å². The fourth-order valence-electron chi connectivity index (χ4n) is 2.34. The van der Waals surface area contributed by atoms with Crippen LogP contribution in [0, 0.1) is 10.1 Å². The average Bonchev–Trinajstić information content (AvgIpc) is 2.65. The zero-order chi connectivity index (χ0) is 18.9. The zero-order valence-corrected chi connectivity index (χ0v) is 14.9. The minimum absolute atomic E-state index is 0.106. The van der Waals surface area contributed by atoms with E-state index in [-0.39, 0.29) is 17.3 Å². The van der Waals surface area contributed by atoms with Crippen LogP contribution in [0.15, 0.2) is 54.6 Å².